The average molecular weight is 243 g/mol. The van der Waals surface area contributed by atoms with Crippen molar-refractivity contribution in [1.82, 2.24) is 5.32 Å². The molecule has 0 aromatic rings. The summed E-state index contributed by atoms with van der Waals surface area (Å²) in [4.78, 5) is 23.0. The summed E-state index contributed by atoms with van der Waals surface area (Å²) in [6, 6.07) is -0.805. The van der Waals surface area contributed by atoms with Gasteiger partial charge in [0.1, 0.15) is 6.04 Å². The van der Waals surface area contributed by atoms with Gasteiger partial charge in [0.05, 0.1) is 12.0 Å². The van der Waals surface area contributed by atoms with Gasteiger partial charge < -0.3 is 15.2 Å². The molecule has 1 saturated heterocycles. The highest BCUT2D eigenvalue weighted by molar-refractivity contribution is 5.85. The molecule has 2 N–H and O–H groups in total. The molecule has 1 heterocycles. The summed E-state index contributed by atoms with van der Waals surface area (Å²) in [6.07, 6.45) is 1.26. The van der Waals surface area contributed by atoms with Gasteiger partial charge in [-0.2, -0.15) is 0 Å². The summed E-state index contributed by atoms with van der Waals surface area (Å²) in [5, 5.41) is 11.7. The lowest BCUT2D eigenvalue weighted by Gasteiger charge is -2.22. The zero-order valence-corrected chi connectivity index (χ0v) is 10.6. The number of hydrogen-bond donors (Lipinski definition) is 2. The van der Waals surface area contributed by atoms with Gasteiger partial charge in [0.25, 0.3) is 0 Å². The maximum atomic E-state index is 11.9. The quantitative estimate of drug-likeness (QED) is 0.756. The molecule has 0 aromatic carbocycles. The standard InChI is InChI=1S/C12H21NO4/c1-4-7(2)10(12(15)16)13-11(14)9-5-6-17-8(9)3/h7-10H,4-6H2,1-3H3,(H,13,14)(H,15,16). The molecule has 0 bridgehead atoms. The lowest BCUT2D eigenvalue weighted by Crippen LogP contribution is -2.48. The van der Waals surface area contributed by atoms with Crippen molar-refractivity contribution in [3.63, 3.8) is 0 Å². The topological polar surface area (TPSA) is 75.6 Å². The van der Waals surface area contributed by atoms with Crippen LogP contribution in [0.4, 0.5) is 0 Å². The fourth-order valence-electron chi connectivity index (χ4n) is 2.02. The van der Waals surface area contributed by atoms with E-state index in [0.717, 1.165) is 0 Å². The van der Waals surface area contributed by atoms with Gasteiger partial charge in [0.15, 0.2) is 0 Å². The monoisotopic (exact) mass is 243 g/mol. The number of aliphatic carboxylic acids is 1. The van der Waals surface area contributed by atoms with Crippen molar-refractivity contribution in [2.75, 3.05) is 6.61 Å². The highest BCUT2D eigenvalue weighted by atomic mass is 16.5. The van der Waals surface area contributed by atoms with Gasteiger partial charge in [-0.3, -0.25) is 4.79 Å². The Kier molecular flexibility index (Phi) is 4.93. The van der Waals surface area contributed by atoms with Crippen LogP contribution in [0.15, 0.2) is 0 Å². The number of carbonyl (C=O) groups excluding carboxylic acids is 1. The van der Waals surface area contributed by atoms with Crippen molar-refractivity contribution in [3.8, 4) is 0 Å². The Morgan fingerprint density at radius 2 is 2.18 bits per heavy atom. The van der Waals surface area contributed by atoms with Crippen LogP contribution in [0.25, 0.3) is 0 Å². The predicted octanol–water partition coefficient (Wildman–Crippen LogP) is 1.03. The summed E-state index contributed by atoms with van der Waals surface area (Å²) in [7, 11) is 0. The van der Waals surface area contributed by atoms with Gasteiger partial charge in [-0.05, 0) is 19.3 Å². The van der Waals surface area contributed by atoms with E-state index in [1.165, 1.54) is 0 Å². The first-order valence-corrected chi connectivity index (χ1v) is 6.12. The van der Waals surface area contributed by atoms with Gasteiger partial charge in [-0.25, -0.2) is 4.79 Å². The van der Waals surface area contributed by atoms with E-state index in [-0.39, 0.29) is 23.8 Å². The lowest BCUT2D eigenvalue weighted by molar-refractivity contribution is -0.144. The molecule has 0 aliphatic carbocycles. The van der Waals surface area contributed by atoms with Crippen LogP contribution in [0.1, 0.15) is 33.6 Å². The summed E-state index contributed by atoms with van der Waals surface area (Å²) in [5.74, 6) is -1.48. The van der Waals surface area contributed by atoms with Crippen LogP contribution >= 0.6 is 0 Å². The van der Waals surface area contributed by atoms with E-state index < -0.39 is 12.0 Å². The first-order chi connectivity index (χ1) is 7.97. The molecule has 4 unspecified atom stereocenters. The maximum absolute atomic E-state index is 11.9. The highest BCUT2D eigenvalue weighted by Crippen LogP contribution is 2.21. The van der Waals surface area contributed by atoms with Crippen LogP contribution in [-0.2, 0) is 14.3 Å². The lowest BCUT2D eigenvalue weighted by atomic mass is 9.96. The zero-order valence-electron chi connectivity index (χ0n) is 10.6. The molecule has 5 nitrogen and oxygen atoms in total. The van der Waals surface area contributed by atoms with E-state index in [0.29, 0.717) is 19.4 Å². The number of hydrogen-bond acceptors (Lipinski definition) is 3. The summed E-state index contributed by atoms with van der Waals surface area (Å²) < 4.78 is 5.31. The van der Waals surface area contributed by atoms with Crippen molar-refractivity contribution < 1.29 is 19.4 Å². The van der Waals surface area contributed by atoms with E-state index in [9.17, 15) is 9.59 Å². The second-order valence-electron chi connectivity index (χ2n) is 4.68. The van der Waals surface area contributed by atoms with Crippen molar-refractivity contribution in [1.29, 1.82) is 0 Å². The first kappa shape index (κ1) is 14.0. The van der Waals surface area contributed by atoms with Gasteiger partial charge in [0.2, 0.25) is 5.91 Å². The third-order valence-corrected chi connectivity index (χ3v) is 3.49. The molecule has 1 amide bonds. The van der Waals surface area contributed by atoms with Crippen molar-refractivity contribution in [2.45, 2.75) is 45.8 Å². The molecule has 1 rings (SSSR count). The van der Waals surface area contributed by atoms with Gasteiger partial charge >= 0.3 is 5.97 Å². The van der Waals surface area contributed by atoms with Crippen LogP contribution < -0.4 is 5.32 Å². The fourth-order valence-corrected chi connectivity index (χ4v) is 2.02. The molecule has 17 heavy (non-hydrogen) atoms. The summed E-state index contributed by atoms with van der Waals surface area (Å²) in [5.41, 5.74) is 0. The SMILES string of the molecule is CCC(C)C(NC(=O)C1CCOC1C)C(=O)O. The number of rotatable bonds is 5. The number of amides is 1. The molecule has 5 heteroatoms. The second kappa shape index (κ2) is 6.00. The van der Waals surface area contributed by atoms with E-state index >= 15 is 0 Å². The van der Waals surface area contributed by atoms with Gasteiger partial charge in [0, 0.05) is 6.61 Å². The average Bonchev–Trinajstić information content (AvgIpc) is 2.70. The van der Waals surface area contributed by atoms with Crippen LogP contribution in [0, 0.1) is 11.8 Å². The molecule has 1 fully saturated rings. The van der Waals surface area contributed by atoms with E-state index in [1.54, 1.807) is 0 Å². The molecule has 0 aromatic heterocycles. The molecule has 4 atom stereocenters. The minimum atomic E-state index is -0.973. The van der Waals surface area contributed by atoms with Crippen molar-refractivity contribution in [2.24, 2.45) is 11.8 Å². The highest BCUT2D eigenvalue weighted by Gasteiger charge is 2.34. The Balaban J connectivity index is 2.61. The number of nitrogens with one attached hydrogen (secondary N) is 1. The number of carboxylic acid groups (broad SMARTS) is 1. The molecule has 1 aliphatic rings. The van der Waals surface area contributed by atoms with Crippen molar-refractivity contribution in [3.05, 3.63) is 0 Å². The zero-order chi connectivity index (χ0) is 13.0. The molecule has 98 valence electrons. The third-order valence-electron chi connectivity index (χ3n) is 3.49. The van der Waals surface area contributed by atoms with Gasteiger partial charge in [-0.1, -0.05) is 20.3 Å². The minimum Gasteiger partial charge on any atom is -0.480 e. The number of carboxylic acids is 1. The Hall–Kier alpha value is -1.10. The molecule has 0 spiro atoms. The van der Waals surface area contributed by atoms with E-state index in [1.807, 2.05) is 20.8 Å². The Morgan fingerprint density at radius 1 is 1.53 bits per heavy atom. The predicted molar refractivity (Wildman–Crippen MR) is 62.5 cm³/mol. The van der Waals surface area contributed by atoms with Crippen LogP contribution in [0.3, 0.4) is 0 Å². The van der Waals surface area contributed by atoms with E-state index in [4.69, 9.17) is 9.84 Å². The van der Waals surface area contributed by atoms with E-state index in [2.05, 4.69) is 5.32 Å². The summed E-state index contributed by atoms with van der Waals surface area (Å²) in [6.45, 7) is 6.15. The van der Waals surface area contributed by atoms with Gasteiger partial charge in [-0.15, -0.1) is 0 Å². The minimum absolute atomic E-state index is 0.0749. The third kappa shape index (κ3) is 3.43. The molecule has 0 saturated carbocycles. The molecule has 0 radical (unpaired) electrons. The van der Waals surface area contributed by atoms with Crippen LogP contribution in [0.2, 0.25) is 0 Å². The molecule has 1 aliphatic heterocycles. The summed E-state index contributed by atoms with van der Waals surface area (Å²) >= 11 is 0. The molecular weight excluding hydrogens is 222 g/mol. The molecular formula is C12H21NO4. The normalized spacial score (nSPS) is 27.5. The second-order valence-corrected chi connectivity index (χ2v) is 4.68. The van der Waals surface area contributed by atoms with Crippen molar-refractivity contribution >= 4 is 11.9 Å². The smallest absolute Gasteiger partial charge is 0.326 e. The number of carbonyl (C=O) groups is 2. The number of ether oxygens (including phenoxy) is 1. The fraction of sp³-hybridized carbons (Fsp3) is 0.833. The Labute approximate surface area is 102 Å². The largest absolute Gasteiger partial charge is 0.480 e. The first-order valence-electron chi connectivity index (χ1n) is 6.12. The Bertz CT molecular complexity index is 292. The van der Waals surface area contributed by atoms with Crippen LogP contribution in [0.5, 0.6) is 0 Å². The van der Waals surface area contributed by atoms with Crippen LogP contribution in [-0.4, -0.2) is 35.7 Å². The maximum Gasteiger partial charge on any atom is 0.326 e. The Morgan fingerprint density at radius 3 is 2.59 bits per heavy atom.